The van der Waals surface area contributed by atoms with Crippen molar-refractivity contribution < 1.29 is 14.3 Å². The molecule has 3 nitrogen and oxygen atoms in total. The van der Waals surface area contributed by atoms with E-state index in [0.29, 0.717) is 23.5 Å². The number of rotatable bonds is 6. The summed E-state index contributed by atoms with van der Waals surface area (Å²) in [5.41, 5.74) is 1.92. The van der Waals surface area contributed by atoms with Gasteiger partial charge >= 0.3 is 0 Å². The van der Waals surface area contributed by atoms with Crippen LogP contribution in [0.4, 0.5) is 0 Å². The highest BCUT2D eigenvalue weighted by molar-refractivity contribution is 5.91. The summed E-state index contributed by atoms with van der Waals surface area (Å²) in [5.74, 6) is 2.54. The third-order valence-electron chi connectivity index (χ3n) is 9.53. The quantitative estimate of drug-likeness (QED) is 0.584. The molecule has 6 atom stereocenters. The van der Waals surface area contributed by atoms with E-state index in [2.05, 4.69) is 27.7 Å². The molecule has 0 amide bonds. The van der Waals surface area contributed by atoms with Crippen LogP contribution in [0.3, 0.4) is 0 Å². The zero-order valence-electron chi connectivity index (χ0n) is 18.5. The third-order valence-corrected chi connectivity index (χ3v) is 9.53. The van der Waals surface area contributed by atoms with E-state index in [4.69, 9.17) is 9.47 Å². The van der Waals surface area contributed by atoms with E-state index in [9.17, 15) is 4.79 Å². The number of carbonyl (C=O) groups excluding carboxylic acids is 1. The van der Waals surface area contributed by atoms with Gasteiger partial charge in [0.15, 0.2) is 5.78 Å². The van der Waals surface area contributed by atoms with E-state index in [1.165, 1.54) is 37.7 Å². The Bertz CT molecular complexity index is 640. The molecule has 3 saturated carbocycles. The van der Waals surface area contributed by atoms with Gasteiger partial charge in [-0.05, 0) is 94.5 Å². The second-order valence-corrected chi connectivity index (χ2v) is 10.1. The van der Waals surface area contributed by atoms with Crippen molar-refractivity contribution in [1.29, 1.82) is 0 Å². The Morgan fingerprint density at radius 1 is 1.00 bits per heavy atom. The van der Waals surface area contributed by atoms with Gasteiger partial charge < -0.3 is 9.47 Å². The fourth-order valence-electron chi connectivity index (χ4n) is 8.20. The summed E-state index contributed by atoms with van der Waals surface area (Å²) in [6.45, 7) is 11.6. The van der Waals surface area contributed by atoms with Crippen LogP contribution in [0.15, 0.2) is 11.6 Å². The maximum Gasteiger partial charge on any atom is 0.155 e. The van der Waals surface area contributed by atoms with Crippen molar-refractivity contribution in [2.45, 2.75) is 91.1 Å². The number of hydrogen-bond acceptors (Lipinski definition) is 3. The lowest BCUT2D eigenvalue weighted by atomic mass is 9.46. The lowest BCUT2D eigenvalue weighted by molar-refractivity contribution is -0.164. The Hall–Kier alpha value is -0.670. The van der Waals surface area contributed by atoms with Gasteiger partial charge in [-0.1, -0.05) is 19.4 Å². The molecule has 4 rings (SSSR count). The van der Waals surface area contributed by atoms with Crippen LogP contribution >= 0.6 is 0 Å². The maximum atomic E-state index is 12.2. The van der Waals surface area contributed by atoms with Crippen LogP contribution in [0.25, 0.3) is 0 Å². The smallest absolute Gasteiger partial charge is 0.155 e. The first kappa shape index (κ1) is 20.6. The maximum absolute atomic E-state index is 12.2. The van der Waals surface area contributed by atoms with Crippen molar-refractivity contribution >= 4 is 5.78 Å². The minimum atomic E-state index is 0.0725. The van der Waals surface area contributed by atoms with Crippen LogP contribution in [0.5, 0.6) is 0 Å². The van der Waals surface area contributed by atoms with Gasteiger partial charge in [0.25, 0.3) is 0 Å². The van der Waals surface area contributed by atoms with Crippen LogP contribution in [0.1, 0.15) is 85.5 Å². The largest absolute Gasteiger partial charge is 0.381 e. The summed E-state index contributed by atoms with van der Waals surface area (Å²) in [7, 11) is 0. The zero-order valence-corrected chi connectivity index (χ0v) is 18.5. The van der Waals surface area contributed by atoms with Gasteiger partial charge in [0, 0.05) is 25.0 Å². The van der Waals surface area contributed by atoms with Gasteiger partial charge in [0.2, 0.25) is 0 Å². The van der Waals surface area contributed by atoms with Crippen LogP contribution in [0, 0.1) is 28.6 Å². The summed E-state index contributed by atoms with van der Waals surface area (Å²) < 4.78 is 12.6. The normalized spacial score (nSPS) is 45.2. The molecule has 0 N–H and O–H groups in total. The Kier molecular flexibility index (Phi) is 5.55. The summed E-state index contributed by atoms with van der Waals surface area (Å²) in [4.78, 5) is 12.2. The van der Waals surface area contributed by atoms with Gasteiger partial charge in [0.1, 0.15) is 0 Å². The van der Waals surface area contributed by atoms with Crippen molar-refractivity contribution in [2.75, 3.05) is 19.8 Å². The van der Waals surface area contributed by atoms with E-state index in [1.54, 1.807) is 0 Å². The van der Waals surface area contributed by atoms with Crippen LogP contribution in [-0.4, -0.2) is 31.2 Å². The molecule has 4 aliphatic rings. The van der Waals surface area contributed by atoms with E-state index in [-0.39, 0.29) is 11.0 Å². The standard InChI is InChI=1S/C25H40O3/c1-5-25(28-7-3)15-12-21-20-9-8-18-16-19(26)10-14-24(18,17-27-6-2)22(20)11-13-23(21,25)4/h16,20-22H,5-15,17H2,1-4H3/t20-,21-,22+,23-,24+,25?/m0/s1. The van der Waals surface area contributed by atoms with Crippen LogP contribution in [-0.2, 0) is 14.3 Å². The second kappa shape index (κ2) is 7.54. The topological polar surface area (TPSA) is 35.5 Å². The molecule has 4 aliphatic carbocycles. The van der Waals surface area contributed by atoms with E-state index < -0.39 is 0 Å². The predicted octanol–water partition coefficient (Wildman–Crippen LogP) is 5.72. The molecule has 0 bridgehead atoms. The molecule has 28 heavy (non-hydrogen) atoms. The summed E-state index contributed by atoms with van der Waals surface area (Å²) >= 11 is 0. The van der Waals surface area contributed by atoms with Gasteiger partial charge in [-0.3, -0.25) is 4.79 Å². The third kappa shape index (κ3) is 2.79. The Balaban J connectivity index is 1.68. The molecular weight excluding hydrogens is 348 g/mol. The molecule has 158 valence electrons. The molecule has 0 aromatic rings. The molecule has 0 aliphatic heterocycles. The lowest BCUT2D eigenvalue weighted by Crippen LogP contribution is -2.57. The highest BCUT2D eigenvalue weighted by atomic mass is 16.5. The van der Waals surface area contributed by atoms with Crippen LogP contribution < -0.4 is 0 Å². The fourth-order valence-corrected chi connectivity index (χ4v) is 8.20. The van der Waals surface area contributed by atoms with Gasteiger partial charge in [-0.2, -0.15) is 0 Å². The summed E-state index contributed by atoms with van der Waals surface area (Å²) in [6.07, 6.45) is 12.3. The number of fused-ring (bicyclic) bond motifs is 5. The minimum absolute atomic E-state index is 0.0725. The SMILES string of the molecule is CCOC[C@]12CCC(=O)C=C1CC[C@@H]1[C@H]2CC[C@@]2(C)[C@H]1CCC2(CC)OCC. The van der Waals surface area contributed by atoms with Crippen molar-refractivity contribution in [3.8, 4) is 0 Å². The highest BCUT2D eigenvalue weighted by Gasteiger charge is 2.64. The average molecular weight is 389 g/mol. The molecule has 3 heteroatoms. The molecule has 0 radical (unpaired) electrons. The van der Waals surface area contributed by atoms with Crippen LogP contribution in [0.2, 0.25) is 0 Å². The van der Waals surface area contributed by atoms with Gasteiger partial charge in [-0.15, -0.1) is 0 Å². The Morgan fingerprint density at radius 2 is 1.79 bits per heavy atom. The van der Waals surface area contributed by atoms with Gasteiger partial charge in [0.05, 0.1) is 12.2 Å². The van der Waals surface area contributed by atoms with Crippen molar-refractivity contribution in [3.05, 3.63) is 11.6 Å². The molecule has 0 saturated heterocycles. The highest BCUT2D eigenvalue weighted by Crippen LogP contribution is 2.68. The molecule has 3 fully saturated rings. The lowest BCUT2D eigenvalue weighted by Gasteiger charge is -2.60. The number of ketones is 1. The van der Waals surface area contributed by atoms with E-state index >= 15 is 0 Å². The first-order valence-electron chi connectivity index (χ1n) is 11.9. The van der Waals surface area contributed by atoms with Crippen molar-refractivity contribution in [1.82, 2.24) is 0 Å². The molecule has 0 heterocycles. The number of ether oxygens (including phenoxy) is 2. The predicted molar refractivity (Wildman–Crippen MR) is 112 cm³/mol. The first-order chi connectivity index (χ1) is 13.5. The molecule has 0 aromatic carbocycles. The summed E-state index contributed by atoms with van der Waals surface area (Å²) in [6, 6.07) is 0. The fraction of sp³-hybridized carbons (Fsp3) is 0.880. The van der Waals surface area contributed by atoms with E-state index in [1.807, 2.05) is 6.08 Å². The minimum Gasteiger partial charge on any atom is -0.381 e. The zero-order chi connectivity index (χ0) is 20.0. The summed E-state index contributed by atoms with van der Waals surface area (Å²) in [5, 5.41) is 0. The molecule has 0 aromatic heterocycles. The number of carbonyl (C=O) groups is 1. The van der Waals surface area contributed by atoms with E-state index in [0.717, 1.165) is 50.9 Å². The van der Waals surface area contributed by atoms with Crippen molar-refractivity contribution in [3.63, 3.8) is 0 Å². The molecule has 0 spiro atoms. The monoisotopic (exact) mass is 388 g/mol. The Morgan fingerprint density at radius 3 is 2.50 bits per heavy atom. The molecule has 1 unspecified atom stereocenters. The molecular formula is C25H40O3. The van der Waals surface area contributed by atoms with Crippen molar-refractivity contribution in [2.24, 2.45) is 28.6 Å². The van der Waals surface area contributed by atoms with Gasteiger partial charge in [-0.25, -0.2) is 0 Å². The number of hydrogen-bond donors (Lipinski definition) is 0. The first-order valence-corrected chi connectivity index (χ1v) is 11.9. The Labute approximate surface area is 171 Å². The second-order valence-electron chi connectivity index (χ2n) is 10.1. The average Bonchev–Trinajstić information content (AvgIpc) is 2.99.